The molecule has 0 radical (unpaired) electrons. The smallest absolute Gasteiger partial charge is 0.387 e. The molecule has 0 aliphatic carbocycles. The Kier molecular flexibility index (Phi) is 6.51. The van der Waals surface area contributed by atoms with Crippen molar-refractivity contribution in [1.29, 1.82) is 0 Å². The average Bonchev–Trinajstić information content (AvgIpc) is 2.86. The summed E-state index contributed by atoms with van der Waals surface area (Å²) in [5, 5.41) is 0. The van der Waals surface area contributed by atoms with E-state index in [1.54, 1.807) is 11.9 Å². The monoisotopic (exact) mass is 341 g/mol. The molecule has 2 rings (SSSR count). The molecule has 1 fully saturated rings. The largest absolute Gasteiger partial charge is 0.435 e. The summed E-state index contributed by atoms with van der Waals surface area (Å²) in [5.74, 6) is 0.468. The van der Waals surface area contributed by atoms with Crippen LogP contribution in [0.3, 0.4) is 0 Å². The fourth-order valence-corrected chi connectivity index (χ4v) is 3.08. The lowest BCUT2D eigenvalue weighted by Gasteiger charge is -2.21. The van der Waals surface area contributed by atoms with E-state index in [0.29, 0.717) is 30.1 Å². The van der Waals surface area contributed by atoms with E-state index < -0.39 is 6.61 Å². The Bertz CT molecular complexity index is 529. The number of alkyl halides is 2. The number of hydrogen-bond acceptors (Lipinski definition) is 4. The molecule has 7 heteroatoms. The number of carbonyl (C=O) groups excluding carboxylic acids is 1. The average molecular weight is 341 g/mol. The van der Waals surface area contributed by atoms with E-state index in [-0.39, 0.29) is 11.7 Å². The van der Waals surface area contributed by atoms with Crippen molar-refractivity contribution in [2.24, 2.45) is 5.92 Å². The summed E-state index contributed by atoms with van der Waals surface area (Å²) in [6.45, 7) is 2.10. The molecule has 1 aliphatic rings. The molecule has 1 aromatic rings. The van der Waals surface area contributed by atoms with Crippen LogP contribution in [0.25, 0.3) is 0 Å². The summed E-state index contributed by atoms with van der Waals surface area (Å²) in [6, 6.07) is 6.61. The van der Waals surface area contributed by atoms with E-state index in [9.17, 15) is 13.6 Å². The quantitative estimate of drug-likeness (QED) is 0.801. The van der Waals surface area contributed by atoms with Gasteiger partial charge in [0, 0.05) is 31.2 Å². The normalized spacial score (nSPS) is 23.5. The molecular weight excluding hydrogens is 316 g/mol. The molecule has 1 saturated heterocycles. The first kappa shape index (κ1) is 18.6. The summed E-state index contributed by atoms with van der Waals surface area (Å²) in [5.41, 5.74) is 6.92. The molecule has 2 atom stereocenters. The first-order chi connectivity index (χ1) is 11.4. The predicted octanol–water partition coefficient (Wildman–Crippen LogP) is 2.64. The Morgan fingerprint density at radius 2 is 1.79 bits per heavy atom. The van der Waals surface area contributed by atoms with Gasteiger partial charge in [-0.2, -0.15) is 8.78 Å². The topological polar surface area (TPSA) is 53.6 Å². The number of amides is 1. The van der Waals surface area contributed by atoms with Gasteiger partial charge in [-0.1, -0.05) is 0 Å². The Labute approximate surface area is 141 Å². The molecule has 0 bridgehead atoms. The Morgan fingerprint density at radius 1 is 1.21 bits per heavy atom. The van der Waals surface area contributed by atoms with Gasteiger partial charge in [-0.15, -0.1) is 0 Å². The lowest BCUT2D eigenvalue weighted by Crippen LogP contribution is -2.30. The fraction of sp³-hybridized carbons (Fsp3) is 0.588. The van der Waals surface area contributed by atoms with Crippen molar-refractivity contribution in [2.75, 3.05) is 13.6 Å². The second-order valence-corrected chi connectivity index (χ2v) is 6.30. The summed E-state index contributed by atoms with van der Waals surface area (Å²) in [7, 11) is 1.75. The number of hydrogen-bond donors (Lipinski definition) is 2. The van der Waals surface area contributed by atoms with Gasteiger partial charge in [0.25, 0.3) is 5.91 Å². The van der Waals surface area contributed by atoms with E-state index in [4.69, 9.17) is 0 Å². The van der Waals surface area contributed by atoms with Crippen LogP contribution < -0.4 is 15.6 Å². The second-order valence-electron chi connectivity index (χ2n) is 6.30. The number of ether oxygens (including phenoxy) is 1. The molecule has 1 aromatic carbocycles. The number of hydrazine groups is 1. The highest BCUT2D eigenvalue weighted by Crippen LogP contribution is 2.20. The van der Waals surface area contributed by atoms with Crippen LogP contribution in [0.15, 0.2) is 24.3 Å². The van der Waals surface area contributed by atoms with E-state index in [2.05, 4.69) is 29.4 Å². The van der Waals surface area contributed by atoms with Crippen molar-refractivity contribution in [3.05, 3.63) is 29.8 Å². The highest BCUT2D eigenvalue weighted by Gasteiger charge is 2.29. The minimum absolute atomic E-state index is 0.0495. The Balaban J connectivity index is 1.81. The molecule has 0 aromatic heterocycles. The highest BCUT2D eigenvalue weighted by atomic mass is 19.3. The molecule has 1 aliphatic heterocycles. The third kappa shape index (κ3) is 4.88. The number of halogens is 2. The number of carbonyl (C=O) groups is 1. The SMILES string of the molecule is CC1NNC(C)C1CCCN(C)C(=O)c1ccc(OC(F)F)cc1. The van der Waals surface area contributed by atoms with Crippen molar-refractivity contribution in [1.82, 2.24) is 15.8 Å². The van der Waals surface area contributed by atoms with Crippen molar-refractivity contribution in [3.63, 3.8) is 0 Å². The molecule has 0 spiro atoms. The summed E-state index contributed by atoms with van der Waals surface area (Å²) in [4.78, 5) is 14.0. The van der Waals surface area contributed by atoms with Crippen LogP contribution in [0.1, 0.15) is 37.0 Å². The highest BCUT2D eigenvalue weighted by molar-refractivity contribution is 5.94. The van der Waals surface area contributed by atoms with Gasteiger partial charge in [0.15, 0.2) is 0 Å². The Morgan fingerprint density at radius 3 is 2.33 bits per heavy atom. The van der Waals surface area contributed by atoms with Crippen LogP contribution in [-0.2, 0) is 0 Å². The van der Waals surface area contributed by atoms with Crippen LogP contribution >= 0.6 is 0 Å². The van der Waals surface area contributed by atoms with Crippen molar-refractivity contribution >= 4 is 5.91 Å². The maximum absolute atomic E-state index is 12.3. The minimum atomic E-state index is -2.86. The molecule has 5 nitrogen and oxygen atoms in total. The number of benzene rings is 1. The molecular formula is C17H25F2N3O2. The lowest BCUT2D eigenvalue weighted by molar-refractivity contribution is -0.0498. The molecule has 24 heavy (non-hydrogen) atoms. The molecule has 1 heterocycles. The molecule has 1 amide bonds. The van der Waals surface area contributed by atoms with E-state index in [1.807, 2.05) is 0 Å². The van der Waals surface area contributed by atoms with Gasteiger partial charge in [-0.3, -0.25) is 15.6 Å². The summed E-state index contributed by atoms with van der Waals surface area (Å²) >= 11 is 0. The first-order valence-corrected chi connectivity index (χ1v) is 8.20. The lowest BCUT2D eigenvalue weighted by atomic mass is 9.91. The van der Waals surface area contributed by atoms with Gasteiger partial charge in [-0.25, -0.2) is 0 Å². The van der Waals surface area contributed by atoms with Gasteiger partial charge in [0.05, 0.1) is 0 Å². The van der Waals surface area contributed by atoms with Gasteiger partial charge in [-0.05, 0) is 56.9 Å². The van der Waals surface area contributed by atoms with Crippen molar-refractivity contribution in [2.45, 2.75) is 45.4 Å². The Hall–Kier alpha value is -1.73. The fourth-order valence-electron chi connectivity index (χ4n) is 3.08. The number of rotatable bonds is 7. The van der Waals surface area contributed by atoms with E-state index >= 15 is 0 Å². The second kappa shape index (κ2) is 8.39. The first-order valence-electron chi connectivity index (χ1n) is 8.20. The zero-order chi connectivity index (χ0) is 17.7. The van der Waals surface area contributed by atoms with Crippen LogP contribution in [0.2, 0.25) is 0 Å². The minimum Gasteiger partial charge on any atom is -0.435 e. The van der Waals surface area contributed by atoms with Crippen LogP contribution in [0.5, 0.6) is 5.75 Å². The zero-order valence-electron chi connectivity index (χ0n) is 14.3. The maximum Gasteiger partial charge on any atom is 0.387 e. The van der Waals surface area contributed by atoms with Crippen LogP contribution in [0.4, 0.5) is 8.78 Å². The van der Waals surface area contributed by atoms with Crippen LogP contribution in [0, 0.1) is 5.92 Å². The number of nitrogens with zero attached hydrogens (tertiary/aromatic N) is 1. The summed E-state index contributed by atoms with van der Waals surface area (Å²) < 4.78 is 28.5. The molecule has 0 saturated carbocycles. The van der Waals surface area contributed by atoms with Gasteiger partial charge < -0.3 is 9.64 Å². The third-order valence-electron chi connectivity index (χ3n) is 4.53. The van der Waals surface area contributed by atoms with E-state index in [0.717, 1.165) is 12.8 Å². The van der Waals surface area contributed by atoms with E-state index in [1.165, 1.54) is 24.3 Å². The van der Waals surface area contributed by atoms with Gasteiger partial charge in [0.1, 0.15) is 5.75 Å². The van der Waals surface area contributed by atoms with Gasteiger partial charge in [0.2, 0.25) is 0 Å². The van der Waals surface area contributed by atoms with Crippen molar-refractivity contribution < 1.29 is 18.3 Å². The standard InChI is InChI=1S/C17H25F2N3O2/c1-11-15(12(2)21-20-11)5-4-10-22(3)16(23)13-6-8-14(9-7-13)24-17(18)19/h6-9,11-12,15,17,20-21H,4-5,10H2,1-3H3. The van der Waals surface area contributed by atoms with Crippen LogP contribution in [-0.4, -0.2) is 43.1 Å². The summed E-state index contributed by atoms with van der Waals surface area (Å²) in [6.07, 6.45) is 1.94. The van der Waals surface area contributed by atoms with Crippen molar-refractivity contribution in [3.8, 4) is 5.75 Å². The third-order valence-corrected chi connectivity index (χ3v) is 4.53. The molecule has 2 unspecified atom stereocenters. The maximum atomic E-state index is 12.3. The number of nitrogens with one attached hydrogen (secondary N) is 2. The molecule has 2 N–H and O–H groups in total. The molecule has 134 valence electrons. The van der Waals surface area contributed by atoms with Gasteiger partial charge >= 0.3 is 6.61 Å². The zero-order valence-corrected chi connectivity index (χ0v) is 14.3. The predicted molar refractivity (Wildman–Crippen MR) is 88.0 cm³/mol.